The van der Waals surface area contributed by atoms with Gasteiger partial charge in [0.2, 0.25) is 15.9 Å². The van der Waals surface area contributed by atoms with Gasteiger partial charge in [0.15, 0.2) is 0 Å². The van der Waals surface area contributed by atoms with Crippen LogP contribution < -0.4 is 5.56 Å². The summed E-state index contributed by atoms with van der Waals surface area (Å²) in [4.78, 5) is 31.1. The van der Waals surface area contributed by atoms with Crippen LogP contribution in [-0.4, -0.2) is 59.3 Å². The number of rotatable bonds is 5. The molecule has 30 heavy (non-hydrogen) atoms. The van der Waals surface area contributed by atoms with Crippen molar-refractivity contribution in [3.8, 4) is 0 Å². The molecule has 0 unspecified atom stereocenters. The summed E-state index contributed by atoms with van der Waals surface area (Å²) in [6, 6.07) is 16.0. The van der Waals surface area contributed by atoms with Crippen LogP contribution in [0.5, 0.6) is 0 Å². The Morgan fingerprint density at radius 3 is 2.33 bits per heavy atom. The highest BCUT2D eigenvalue weighted by Gasteiger charge is 2.29. The van der Waals surface area contributed by atoms with Crippen molar-refractivity contribution in [2.24, 2.45) is 0 Å². The van der Waals surface area contributed by atoms with E-state index < -0.39 is 10.0 Å². The van der Waals surface area contributed by atoms with Gasteiger partial charge in [-0.2, -0.15) is 4.31 Å². The van der Waals surface area contributed by atoms with Gasteiger partial charge in [0, 0.05) is 26.2 Å². The van der Waals surface area contributed by atoms with Crippen molar-refractivity contribution in [3.63, 3.8) is 0 Å². The fourth-order valence-electron chi connectivity index (χ4n) is 3.56. The fourth-order valence-corrected chi connectivity index (χ4v) is 5.07. The van der Waals surface area contributed by atoms with Crippen LogP contribution in [0, 0.1) is 0 Å². The van der Waals surface area contributed by atoms with Crippen molar-refractivity contribution in [1.82, 2.24) is 18.8 Å². The largest absolute Gasteiger partial charge is 0.338 e. The molecule has 0 spiro atoms. The lowest BCUT2D eigenvalue weighted by atomic mass is 10.2. The smallest absolute Gasteiger partial charge is 0.261 e. The number of para-hydroxylation sites is 1. The van der Waals surface area contributed by atoms with E-state index >= 15 is 0 Å². The first-order valence-electron chi connectivity index (χ1n) is 9.68. The average molecular weight is 426 g/mol. The number of fused-ring (bicyclic) bond motifs is 1. The van der Waals surface area contributed by atoms with E-state index in [0.717, 1.165) is 5.56 Å². The average Bonchev–Trinajstić information content (AvgIpc) is 2.76. The van der Waals surface area contributed by atoms with Crippen LogP contribution in [0.2, 0.25) is 0 Å². The van der Waals surface area contributed by atoms with Crippen molar-refractivity contribution in [3.05, 3.63) is 76.8 Å². The van der Waals surface area contributed by atoms with Gasteiger partial charge in [0.05, 0.1) is 23.0 Å². The van der Waals surface area contributed by atoms with Gasteiger partial charge >= 0.3 is 0 Å². The highest BCUT2D eigenvalue weighted by molar-refractivity contribution is 7.88. The van der Waals surface area contributed by atoms with Gasteiger partial charge < -0.3 is 4.90 Å². The Hall–Kier alpha value is -3.04. The van der Waals surface area contributed by atoms with Gasteiger partial charge in [-0.3, -0.25) is 14.2 Å². The number of aromatic nitrogens is 2. The van der Waals surface area contributed by atoms with Gasteiger partial charge in [-0.1, -0.05) is 42.5 Å². The van der Waals surface area contributed by atoms with Crippen LogP contribution >= 0.6 is 0 Å². The zero-order chi connectivity index (χ0) is 21.1. The minimum absolute atomic E-state index is 0.0556. The Kier molecular flexibility index (Phi) is 5.65. The number of piperazine rings is 1. The van der Waals surface area contributed by atoms with E-state index in [4.69, 9.17) is 0 Å². The van der Waals surface area contributed by atoms with Crippen LogP contribution in [-0.2, 0) is 27.1 Å². The molecule has 0 N–H and O–H groups in total. The Bertz CT molecular complexity index is 1220. The van der Waals surface area contributed by atoms with Gasteiger partial charge in [-0.25, -0.2) is 13.4 Å². The van der Waals surface area contributed by atoms with E-state index in [-0.39, 0.29) is 36.9 Å². The zero-order valence-corrected chi connectivity index (χ0v) is 17.2. The molecule has 2 heterocycles. The normalized spacial score (nSPS) is 15.4. The van der Waals surface area contributed by atoms with E-state index in [1.54, 1.807) is 41.3 Å². The Morgan fingerprint density at radius 1 is 0.933 bits per heavy atom. The third-order valence-corrected chi connectivity index (χ3v) is 7.06. The molecule has 0 radical (unpaired) electrons. The highest BCUT2D eigenvalue weighted by atomic mass is 32.2. The second-order valence-corrected chi connectivity index (χ2v) is 9.19. The third kappa shape index (κ3) is 4.27. The summed E-state index contributed by atoms with van der Waals surface area (Å²) >= 11 is 0. The molecule has 156 valence electrons. The number of sulfonamides is 1. The summed E-state index contributed by atoms with van der Waals surface area (Å²) in [6.45, 7) is 0.955. The van der Waals surface area contributed by atoms with Crippen LogP contribution in [0.15, 0.2) is 65.7 Å². The van der Waals surface area contributed by atoms with Crippen LogP contribution in [0.4, 0.5) is 0 Å². The number of hydrogen-bond acceptors (Lipinski definition) is 5. The molecule has 2 aromatic carbocycles. The molecule has 0 saturated carbocycles. The summed E-state index contributed by atoms with van der Waals surface area (Å²) in [6.07, 6.45) is 1.38. The van der Waals surface area contributed by atoms with Crippen molar-refractivity contribution >= 4 is 26.8 Å². The van der Waals surface area contributed by atoms with Crippen LogP contribution in [0.3, 0.4) is 0 Å². The lowest BCUT2D eigenvalue weighted by Crippen LogP contribution is -2.51. The van der Waals surface area contributed by atoms with E-state index in [9.17, 15) is 18.0 Å². The van der Waals surface area contributed by atoms with Crippen molar-refractivity contribution < 1.29 is 13.2 Å². The maximum absolute atomic E-state index is 12.7. The zero-order valence-electron chi connectivity index (χ0n) is 16.3. The first-order valence-corrected chi connectivity index (χ1v) is 11.3. The van der Waals surface area contributed by atoms with E-state index in [0.29, 0.717) is 24.0 Å². The quantitative estimate of drug-likeness (QED) is 0.609. The molecule has 0 aliphatic carbocycles. The summed E-state index contributed by atoms with van der Waals surface area (Å²) in [5.41, 5.74) is 1.06. The molecule has 1 saturated heterocycles. The highest BCUT2D eigenvalue weighted by Crippen LogP contribution is 2.14. The molecule has 4 rings (SSSR count). The summed E-state index contributed by atoms with van der Waals surface area (Å²) in [5.74, 6) is -0.283. The third-order valence-electron chi connectivity index (χ3n) is 5.21. The Balaban J connectivity index is 1.39. The lowest BCUT2D eigenvalue weighted by Gasteiger charge is -2.34. The van der Waals surface area contributed by atoms with Gasteiger partial charge in [0.1, 0.15) is 6.54 Å². The molecule has 8 nitrogen and oxygen atoms in total. The van der Waals surface area contributed by atoms with Crippen molar-refractivity contribution in [2.45, 2.75) is 12.3 Å². The SMILES string of the molecule is O=C(Cn1cnc2ccccc2c1=O)N1CCN(S(=O)(=O)Cc2ccccc2)CC1. The maximum Gasteiger partial charge on any atom is 0.261 e. The molecule has 1 aliphatic heterocycles. The first kappa shape index (κ1) is 20.2. The van der Waals surface area contributed by atoms with Crippen LogP contribution in [0.25, 0.3) is 10.9 Å². The molecule has 1 aromatic heterocycles. The predicted octanol–water partition coefficient (Wildman–Crippen LogP) is 1.07. The Labute approximate surface area is 174 Å². The summed E-state index contributed by atoms with van der Waals surface area (Å²) in [5, 5.41) is 0.463. The molecular formula is C21H22N4O4S. The Morgan fingerprint density at radius 2 is 1.60 bits per heavy atom. The van der Waals surface area contributed by atoms with Crippen molar-refractivity contribution in [1.29, 1.82) is 0 Å². The number of benzene rings is 2. The fraction of sp³-hybridized carbons (Fsp3) is 0.286. The van der Waals surface area contributed by atoms with Gasteiger partial charge in [0.25, 0.3) is 5.56 Å². The monoisotopic (exact) mass is 426 g/mol. The molecule has 0 bridgehead atoms. The molecule has 1 aliphatic rings. The van der Waals surface area contributed by atoms with Gasteiger partial charge in [-0.05, 0) is 17.7 Å². The van der Waals surface area contributed by atoms with Gasteiger partial charge in [-0.15, -0.1) is 0 Å². The molecule has 1 amide bonds. The number of carbonyl (C=O) groups excluding carboxylic acids is 1. The van der Waals surface area contributed by atoms with E-state index in [1.807, 2.05) is 18.2 Å². The molecule has 0 atom stereocenters. The number of hydrogen-bond donors (Lipinski definition) is 0. The number of amides is 1. The summed E-state index contributed by atoms with van der Waals surface area (Å²) in [7, 11) is -3.45. The predicted molar refractivity (Wildman–Crippen MR) is 113 cm³/mol. The minimum atomic E-state index is -3.45. The summed E-state index contributed by atoms with van der Waals surface area (Å²) < 4.78 is 28.0. The second kappa shape index (κ2) is 8.37. The number of carbonyl (C=O) groups is 1. The molecule has 1 fully saturated rings. The molecule has 9 heteroatoms. The topological polar surface area (TPSA) is 92.6 Å². The standard InChI is InChI=1S/C21H22N4O4S/c26-20(14-24-16-22-19-9-5-4-8-18(19)21(24)27)23-10-12-25(13-11-23)30(28,29)15-17-6-2-1-3-7-17/h1-9,16H,10-15H2. The number of nitrogens with zero attached hydrogens (tertiary/aromatic N) is 4. The second-order valence-electron chi connectivity index (χ2n) is 7.22. The molecular weight excluding hydrogens is 404 g/mol. The maximum atomic E-state index is 12.7. The van der Waals surface area contributed by atoms with Crippen LogP contribution in [0.1, 0.15) is 5.56 Å². The molecule has 3 aromatic rings. The van der Waals surface area contributed by atoms with E-state index in [2.05, 4.69) is 4.98 Å². The first-order chi connectivity index (χ1) is 14.4. The van der Waals surface area contributed by atoms with E-state index in [1.165, 1.54) is 15.2 Å². The minimum Gasteiger partial charge on any atom is -0.338 e. The van der Waals surface area contributed by atoms with Crippen molar-refractivity contribution in [2.75, 3.05) is 26.2 Å². The lowest BCUT2D eigenvalue weighted by molar-refractivity contribution is -0.133.